The van der Waals surface area contributed by atoms with Gasteiger partial charge < -0.3 is 4.74 Å². The van der Waals surface area contributed by atoms with E-state index in [0.717, 1.165) is 12.0 Å². The molecule has 0 aliphatic carbocycles. The van der Waals surface area contributed by atoms with Crippen LogP contribution < -0.4 is 4.74 Å². The van der Waals surface area contributed by atoms with Crippen LogP contribution in [0.15, 0.2) is 53.4 Å². The Balaban J connectivity index is 2.14. The van der Waals surface area contributed by atoms with E-state index in [4.69, 9.17) is 4.74 Å². The number of benzene rings is 2. The van der Waals surface area contributed by atoms with Crippen LogP contribution in [0.2, 0.25) is 0 Å². The molecule has 0 saturated carbocycles. The van der Waals surface area contributed by atoms with Crippen LogP contribution >= 0.6 is 0 Å². The zero-order valence-electron chi connectivity index (χ0n) is 14.7. The molecule has 25 heavy (non-hydrogen) atoms. The topological polar surface area (TPSA) is 63.7 Å². The van der Waals surface area contributed by atoms with Gasteiger partial charge in [-0.2, -0.15) is 4.31 Å². The summed E-state index contributed by atoms with van der Waals surface area (Å²) >= 11 is 0. The normalized spacial score (nSPS) is 11.5. The highest BCUT2D eigenvalue weighted by atomic mass is 32.2. The van der Waals surface area contributed by atoms with Crippen LogP contribution in [0, 0.1) is 0 Å². The molecule has 0 aromatic heterocycles. The molecule has 5 nitrogen and oxygen atoms in total. The van der Waals surface area contributed by atoms with Crippen LogP contribution in [-0.4, -0.2) is 31.8 Å². The maximum Gasteiger partial charge on any atom is 0.343 e. The predicted octanol–water partition coefficient (Wildman–Crippen LogP) is 3.50. The van der Waals surface area contributed by atoms with Gasteiger partial charge in [-0.1, -0.05) is 32.9 Å². The van der Waals surface area contributed by atoms with Crippen molar-refractivity contribution in [2.24, 2.45) is 0 Å². The summed E-state index contributed by atoms with van der Waals surface area (Å²) in [7, 11) is -3.53. The molecule has 2 aromatic carbocycles. The van der Waals surface area contributed by atoms with Crippen LogP contribution in [-0.2, 0) is 16.4 Å². The summed E-state index contributed by atoms with van der Waals surface area (Å²) in [5, 5.41) is 0. The van der Waals surface area contributed by atoms with Crippen LogP contribution in [0.3, 0.4) is 0 Å². The average Bonchev–Trinajstić information content (AvgIpc) is 2.63. The van der Waals surface area contributed by atoms with Gasteiger partial charge in [-0.15, -0.1) is 0 Å². The van der Waals surface area contributed by atoms with E-state index in [1.807, 2.05) is 12.1 Å². The van der Waals surface area contributed by atoms with Crippen molar-refractivity contribution in [2.45, 2.75) is 32.1 Å². The number of carbonyl (C=O) groups is 1. The number of aryl methyl sites for hydroxylation is 1. The Morgan fingerprint density at radius 3 is 1.96 bits per heavy atom. The minimum absolute atomic E-state index is 0.167. The number of hydrogen-bond donors (Lipinski definition) is 0. The fourth-order valence-electron chi connectivity index (χ4n) is 2.43. The van der Waals surface area contributed by atoms with E-state index in [2.05, 4.69) is 6.92 Å². The molecule has 0 fully saturated rings. The highest BCUT2D eigenvalue weighted by Gasteiger charge is 2.21. The van der Waals surface area contributed by atoms with E-state index < -0.39 is 16.0 Å². The van der Waals surface area contributed by atoms with Gasteiger partial charge in [0.25, 0.3) is 0 Å². The molecule has 0 bridgehead atoms. The average molecular weight is 361 g/mol. The molecule has 0 aliphatic heterocycles. The lowest BCUT2D eigenvalue weighted by molar-refractivity contribution is 0.0734. The van der Waals surface area contributed by atoms with Crippen molar-refractivity contribution in [1.82, 2.24) is 4.31 Å². The lowest BCUT2D eigenvalue weighted by Gasteiger charge is -2.18. The van der Waals surface area contributed by atoms with Crippen LogP contribution in [0.5, 0.6) is 5.75 Å². The van der Waals surface area contributed by atoms with E-state index in [9.17, 15) is 13.2 Å². The van der Waals surface area contributed by atoms with Gasteiger partial charge in [-0.3, -0.25) is 0 Å². The predicted molar refractivity (Wildman–Crippen MR) is 97.3 cm³/mol. The first-order valence-electron chi connectivity index (χ1n) is 8.33. The maximum atomic E-state index is 12.4. The second-order valence-electron chi connectivity index (χ2n) is 5.50. The Kier molecular flexibility index (Phi) is 6.33. The largest absolute Gasteiger partial charge is 0.423 e. The standard InChI is InChI=1S/C19H23NO4S/c1-4-15-7-11-17(12-8-15)24-19(21)16-9-13-18(14-10-16)25(22,23)20(5-2)6-3/h7-14H,4-6H2,1-3H3. The molecule has 0 amide bonds. The van der Waals surface area contributed by atoms with E-state index in [1.165, 1.54) is 28.6 Å². The summed E-state index contributed by atoms with van der Waals surface area (Å²) in [4.78, 5) is 12.4. The lowest BCUT2D eigenvalue weighted by atomic mass is 10.2. The number of rotatable bonds is 7. The third kappa shape index (κ3) is 4.46. The zero-order valence-corrected chi connectivity index (χ0v) is 15.5. The number of esters is 1. The van der Waals surface area contributed by atoms with Gasteiger partial charge in [-0.05, 0) is 48.4 Å². The van der Waals surface area contributed by atoms with Gasteiger partial charge in [-0.25, -0.2) is 13.2 Å². The molecular formula is C19H23NO4S. The maximum absolute atomic E-state index is 12.4. The first-order chi connectivity index (χ1) is 11.9. The molecule has 0 radical (unpaired) electrons. The summed E-state index contributed by atoms with van der Waals surface area (Å²) in [5.41, 5.74) is 1.46. The van der Waals surface area contributed by atoms with Crippen molar-refractivity contribution >= 4 is 16.0 Å². The quantitative estimate of drug-likeness (QED) is 0.559. The van der Waals surface area contributed by atoms with Crippen LogP contribution in [0.1, 0.15) is 36.7 Å². The van der Waals surface area contributed by atoms with Crippen molar-refractivity contribution < 1.29 is 17.9 Å². The van der Waals surface area contributed by atoms with Crippen molar-refractivity contribution in [3.8, 4) is 5.75 Å². The van der Waals surface area contributed by atoms with Crippen molar-refractivity contribution in [3.63, 3.8) is 0 Å². The molecule has 2 aromatic rings. The number of hydrogen-bond acceptors (Lipinski definition) is 4. The summed E-state index contributed by atoms with van der Waals surface area (Å²) in [6.07, 6.45) is 0.913. The molecule has 134 valence electrons. The number of carbonyl (C=O) groups excluding carboxylic acids is 1. The fourth-order valence-corrected chi connectivity index (χ4v) is 3.89. The van der Waals surface area contributed by atoms with Gasteiger partial charge in [0.05, 0.1) is 10.5 Å². The third-order valence-electron chi connectivity index (χ3n) is 3.98. The molecule has 6 heteroatoms. The Bertz CT molecular complexity index is 808. The molecule has 0 heterocycles. The summed E-state index contributed by atoms with van der Waals surface area (Å²) in [6.45, 7) is 6.43. The van der Waals surface area contributed by atoms with Crippen molar-refractivity contribution in [2.75, 3.05) is 13.1 Å². The number of sulfonamides is 1. The van der Waals surface area contributed by atoms with Crippen molar-refractivity contribution in [1.29, 1.82) is 0 Å². The van der Waals surface area contributed by atoms with Gasteiger partial charge in [0.1, 0.15) is 5.75 Å². The van der Waals surface area contributed by atoms with Gasteiger partial charge in [0.15, 0.2) is 0 Å². The minimum Gasteiger partial charge on any atom is -0.423 e. The zero-order chi connectivity index (χ0) is 18.4. The minimum atomic E-state index is -3.53. The third-order valence-corrected chi connectivity index (χ3v) is 6.04. The first-order valence-corrected chi connectivity index (χ1v) is 9.77. The highest BCUT2D eigenvalue weighted by molar-refractivity contribution is 7.89. The second kappa shape index (κ2) is 8.27. The van der Waals surface area contributed by atoms with Gasteiger partial charge in [0.2, 0.25) is 10.0 Å². The first kappa shape index (κ1) is 19.1. The Labute approximate surface area is 149 Å². The monoisotopic (exact) mass is 361 g/mol. The Morgan fingerprint density at radius 1 is 0.920 bits per heavy atom. The van der Waals surface area contributed by atoms with Crippen LogP contribution in [0.25, 0.3) is 0 Å². The molecule has 0 spiro atoms. The molecule has 0 aliphatic rings. The van der Waals surface area contributed by atoms with Gasteiger partial charge in [0, 0.05) is 13.1 Å². The van der Waals surface area contributed by atoms with Gasteiger partial charge >= 0.3 is 5.97 Å². The van der Waals surface area contributed by atoms with Crippen LogP contribution in [0.4, 0.5) is 0 Å². The molecular weight excluding hydrogens is 338 g/mol. The lowest BCUT2D eigenvalue weighted by Crippen LogP contribution is -2.30. The number of ether oxygens (including phenoxy) is 1. The highest BCUT2D eigenvalue weighted by Crippen LogP contribution is 2.18. The SMILES string of the molecule is CCc1ccc(OC(=O)c2ccc(S(=O)(=O)N(CC)CC)cc2)cc1. The smallest absolute Gasteiger partial charge is 0.343 e. The second-order valence-corrected chi connectivity index (χ2v) is 7.44. The molecule has 0 unspecified atom stereocenters. The summed E-state index contributed by atoms with van der Waals surface area (Å²) in [5.74, 6) is -0.0573. The molecule has 0 N–H and O–H groups in total. The van der Waals surface area contributed by atoms with E-state index in [1.54, 1.807) is 26.0 Å². The number of nitrogens with zero attached hydrogens (tertiary/aromatic N) is 1. The van der Waals surface area contributed by atoms with E-state index >= 15 is 0 Å². The molecule has 0 atom stereocenters. The molecule has 2 rings (SSSR count). The Hall–Kier alpha value is -2.18. The van der Waals surface area contributed by atoms with Crippen molar-refractivity contribution in [3.05, 3.63) is 59.7 Å². The van der Waals surface area contributed by atoms with E-state index in [0.29, 0.717) is 24.4 Å². The summed E-state index contributed by atoms with van der Waals surface area (Å²) < 4.78 is 31.6. The Morgan fingerprint density at radius 2 is 1.48 bits per heavy atom. The summed E-state index contributed by atoms with van der Waals surface area (Å²) in [6, 6.07) is 13.1. The van der Waals surface area contributed by atoms with E-state index in [-0.39, 0.29) is 4.90 Å². The molecule has 0 saturated heterocycles. The fraction of sp³-hybridized carbons (Fsp3) is 0.316.